The van der Waals surface area contributed by atoms with Crippen LogP contribution in [0.1, 0.15) is 64.2 Å². The Hall–Kier alpha value is -3.18. The molecule has 1 aromatic heterocycles. The third-order valence-electron chi connectivity index (χ3n) is 8.70. The Labute approximate surface area is 204 Å². The molecule has 2 saturated heterocycles. The number of rotatable bonds is 3. The summed E-state index contributed by atoms with van der Waals surface area (Å²) in [6.45, 7) is 2.59. The number of amides is 1. The first-order valence-corrected chi connectivity index (χ1v) is 12.9. The SMILES string of the molecule is N#Cc1c(N2CC3CCC(C2)N3)cc(F)c2c1CC[C@@H](NC(=O)c1cnc3c(c1)[C@H]1C[C@H]1CN3)C2. The van der Waals surface area contributed by atoms with E-state index in [0.717, 1.165) is 61.5 Å². The normalized spacial score (nSPS) is 29.8. The zero-order valence-corrected chi connectivity index (χ0v) is 19.6. The number of nitrogens with zero attached hydrogens (tertiary/aromatic N) is 3. The van der Waals surface area contributed by atoms with Crippen molar-refractivity contribution >= 4 is 17.4 Å². The van der Waals surface area contributed by atoms with Gasteiger partial charge in [-0.1, -0.05) is 0 Å². The minimum Gasteiger partial charge on any atom is -0.370 e. The Kier molecular flexibility index (Phi) is 4.78. The molecule has 5 atom stereocenters. The van der Waals surface area contributed by atoms with E-state index in [1.807, 2.05) is 6.07 Å². The lowest BCUT2D eigenvalue weighted by Crippen LogP contribution is -2.51. The van der Waals surface area contributed by atoms with Gasteiger partial charge in [0.15, 0.2) is 0 Å². The number of pyridine rings is 1. The fourth-order valence-electron chi connectivity index (χ4n) is 6.77. The van der Waals surface area contributed by atoms with Gasteiger partial charge in [-0.05, 0) is 79.2 Å². The average molecular weight is 473 g/mol. The molecule has 8 heteroatoms. The maximum atomic E-state index is 15.4. The first kappa shape index (κ1) is 21.1. The van der Waals surface area contributed by atoms with Crippen LogP contribution in [0.25, 0.3) is 0 Å². The molecule has 7 nitrogen and oxygen atoms in total. The maximum Gasteiger partial charge on any atom is 0.253 e. The van der Waals surface area contributed by atoms with E-state index in [0.29, 0.717) is 59.9 Å². The van der Waals surface area contributed by atoms with E-state index in [9.17, 15) is 10.1 Å². The second kappa shape index (κ2) is 7.92. The van der Waals surface area contributed by atoms with Crippen molar-refractivity contribution < 1.29 is 9.18 Å². The molecule has 1 saturated carbocycles. The van der Waals surface area contributed by atoms with Crippen LogP contribution in [0.3, 0.4) is 0 Å². The molecule has 5 aliphatic rings. The molecule has 2 bridgehead atoms. The van der Waals surface area contributed by atoms with E-state index in [1.165, 1.54) is 0 Å². The van der Waals surface area contributed by atoms with Crippen molar-refractivity contribution in [3.8, 4) is 6.07 Å². The molecule has 0 spiro atoms. The zero-order valence-electron chi connectivity index (χ0n) is 19.6. The fourth-order valence-corrected chi connectivity index (χ4v) is 6.77. The molecule has 1 aromatic carbocycles. The zero-order chi connectivity index (χ0) is 23.7. The second-order valence-corrected chi connectivity index (χ2v) is 10.9. The Bertz CT molecular complexity index is 1260. The molecule has 180 valence electrons. The average Bonchev–Trinajstić information content (AvgIpc) is 3.61. The van der Waals surface area contributed by atoms with Gasteiger partial charge in [-0.15, -0.1) is 0 Å². The molecule has 3 N–H and O–H groups in total. The lowest BCUT2D eigenvalue weighted by molar-refractivity contribution is 0.0933. The van der Waals surface area contributed by atoms with Crippen molar-refractivity contribution in [2.24, 2.45) is 5.92 Å². The summed E-state index contributed by atoms with van der Waals surface area (Å²) in [4.78, 5) is 19.7. The van der Waals surface area contributed by atoms with Crippen LogP contribution >= 0.6 is 0 Å². The highest BCUT2D eigenvalue weighted by atomic mass is 19.1. The first-order valence-electron chi connectivity index (χ1n) is 12.9. The molecular formula is C27H29FN6O. The summed E-state index contributed by atoms with van der Waals surface area (Å²) < 4.78 is 15.4. The molecule has 4 heterocycles. The van der Waals surface area contributed by atoms with Crippen LogP contribution in [-0.4, -0.2) is 48.7 Å². The molecule has 2 unspecified atom stereocenters. The van der Waals surface area contributed by atoms with Crippen molar-refractivity contribution in [1.82, 2.24) is 15.6 Å². The summed E-state index contributed by atoms with van der Waals surface area (Å²) in [5, 5.41) is 20.1. The third kappa shape index (κ3) is 3.56. The number of hydrogen-bond donors (Lipinski definition) is 3. The minimum atomic E-state index is -0.264. The van der Waals surface area contributed by atoms with E-state index in [1.54, 1.807) is 12.3 Å². The van der Waals surface area contributed by atoms with Gasteiger partial charge in [-0.2, -0.15) is 5.26 Å². The molecule has 3 aliphatic heterocycles. The third-order valence-corrected chi connectivity index (χ3v) is 8.70. The molecule has 0 radical (unpaired) electrons. The lowest BCUT2D eigenvalue weighted by Gasteiger charge is -2.36. The highest BCUT2D eigenvalue weighted by Crippen LogP contribution is 2.52. The Morgan fingerprint density at radius 1 is 1.20 bits per heavy atom. The number of hydrogen-bond acceptors (Lipinski definition) is 6. The van der Waals surface area contributed by atoms with Crippen LogP contribution in [0, 0.1) is 23.1 Å². The highest BCUT2D eigenvalue weighted by Gasteiger charge is 2.43. The quantitative estimate of drug-likeness (QED) is 0.636. The molecule has 3 fully saturated rings. The van der Waals surface area contributed by atoms with Gasteiger partial charge in [0, 0.05) is 44.0 Å². The molecule has 2 aliphatic carbocycles. The van der Waals surface area contributed by atoms with Gasteiger partial charge in [0.2, 0.25) is 0 Å². The smallest absolute Gasteiger partial charge is 0.253 e. The summed E-state index contributed by atoms with van der Waals surface area (Å²) in [6.07, 6.45) is 6.73. The lowest BCUT2D eigenvalue weighted by atomic mass is 9.84. The number of benzene rings is 1. The number of fused-ring (bicyclic) bond motifs is 6. The van der Waals surface area contributed by atoms with Crippen LogP contribution in [0.4, 0.5) is 15.9 Å². The highest BCUT2D eigenvalue weighted by molar-refractivity contribution is 5.94. The van der Waals surface area contributed by atoms with E-state index in [2.05, 4.69) is 31.9 Å². The summed E-state index contributed by atoms with van der Waals surface area (Å²) >= 11 is 0. The maximum absolute atomic E-state index is 15.4. The number of halogens is 1. The molecular weight excluding hydrogens is 443 g/mol. The topological polar surface area (TPSA) is 93.1 Å². The number of anilines is 2. The van der Waals surface area contributed by atoms with Crippen LogP contribution in [-0.2, 0) is 12.8 Å². The van der Waals surface area contributed by atoms with Gasteiger partial charge in [-0.25, -0.2) is 9.37 Å². The Morgan fingerprint density at radius 3 is 2.83 bits per heavy atom. The summed E-state index contributed by atoms with van der Waals surface area (Å²) in [5.74, 6) is 1.65. The molecule has 7 rings (SSSR count). The number of aromatic nitrogens is 1. The molecule has 35 heavy (non-hydrogen) atoms. The van der Waals surface area contributed by atoms with Crippen molar-refractivity contribution in [2.45, 2.75) is 62.6 Å². The van der Waals surface area contributed by atoms with Crippen LogP contribution in [0.5, 0.6) is 0 Å². The number of nitrogens with one attached hydrogen (secondary N) is 3. The van der Waals surface area contributed by atoms with E-state index in [-0.39, 0.29) is 17.8 Å². The van der Waals surface area contributed by atoms with Gasteiger partial charge in [0.25, 0.3) is 5.91 Å². The van der Waals surface area contributed by atoms with E-state index >= 15 is 4.39 Å². The summed E-state index contributed by atoms with van der Waals surface area (Å²) in [6, 6.07) is 6.57. The summed E-state index contributed by atoms with van der Waals surface area (Å²) in [7, 11) is 0. The van der Waals surface area contributed by atoms with Crippen LogP contribution in [0.15, 0.2) is 18.3 Å². The molecule has 1 amide bonds. The second-order valence-electron chi connectivity index (χ2n) is 10.9. The largest absolute Gasteiger partial charge is 0.370 e. The minimum absolute atomic E-state index is 0.162. The number of nitriles is 1. The van der Waals surface area contributed by atoms with Crippen LogP contribution < -0.4 is 20.9 Å². The van der Waals surface area contributed by atoms with Crippen molar-refractivity contribution in [3.63, 3.8) is 0 Å². The molecule has 2 aromatic rings. The van der Waals surface area contributed by atoms with Gasteiger partial charge in [0.1, 0.15) is 17.7 Å². The van der Waals surface area contributed by atoms with Crippen molar-refractivity contribution in [3.05, 3.63) is 52.0 Å². The van der Waals surface area contributed by atoms with Crippen LogP contribution in [0.2, 0.25) is 0 Å². The van der Waals surface area contributed by atoms with E-state index in [4.69, 9.17) is 0 Å². The van der Waals surface area contributed by atoms with Gasteiger partial charge < -0.3 is 20.9 Å². The van der Waals surface area contributed by atoms with Gasteiger partial charge in [0.05, 0.1) is 16.8 Å². The predicted octanol–water partition coefficient (Wildman–Crippen LogP) is 2.85. The van der Waals surface area contributed by atoms with Gasteiger partial charge >= 0.3 is 0 Å². The standard InChI is InChI=1S/C27H29FN6O/c28-24-8-25(34-12-17-1-2-18(13-34)32-17)23(9-29)19-4-3-16(7-21(19)24)33-27(35)15-6-22-20-5-14(20)10-30-26(22)31-11-15/h6,8,11,14,16-18,20,32H,1-5,7,10,12-13H2,(H,30,31)(H,33,35)/t14-,16+,17?,18?,20-/m0/s1. The number of carbonyl (C=O) groups excluding carboxylic acids is 1. The van der Waals surface area contributed by atoms with Crippen molar-refractivity contribution in [1.29, 1.82) is 5.26 Å². The Morgan fingerprint density at radius 2 is 2.03 bits per heavy atom. The fraction of sp³-hybridized carbons (Fsp3) is 0.519. The monoisotopic (exact) mass is 472 g/mol. The first-order chi connectivity index (χ1) is 17.1. The van der Waals surface area contributed by atoms with Gasteiger partial charge in [-0.3, -0.25) is 4.79 Å². The number of carbonyl (C=O) groups is 1. The Balaban J connectivity index is 1.11. The predicted molar refractivity (Wildman–Crippen MR) is 130 cm³/mol. The number of piperazine rings is 1. The summed E-state index contributed by atoms with van der Waals surface area (Å²) in [5.41, 5.74) is 4.44. The van der Waals surface area contributed by atoms with E-state index < -0.39 is 0 Å². The van der Waals surface area contributed by atoms with Crippen molar-refractivity contribution in [2.75, 3.05) is 29.9 Å².